The van der Waals surface area contributed by atoms with Crippen molar-refractivity contribution in [3.63, 3.8) is 0 Å². The van der Waals surface area contributed by atoms with Crippen molar-refractivity contribution < 1.29 is 14.4 Å². The third kappa shape index (κ3) is 6.19. The predicted molar refractivity (Wildman–Crippen MR) is 152 cm³/mol. The zero-order valence-electron chi connectivity index (χ0n) is 23.6. The van der Waals surface area contributed by atoms with E-state index in [9.17, 15) is 14.4 Å². The minimum Gasteiger partial charge on any atom is -0.349 e. The van der Waals surface area contributed by atoms with Gasteiger partial charge in [0.1, 0.15) is 0 Å². The number of aryl methyl sites for hydroxylation is 2. The maximum atomic E-state index is 13.3. The van der Waals surface area contributed by atoms with Gasteiger partial charge in [0.05, 0.1) is 6.04 Å². The number of hydrogen-bond acceptors (Lipinski definition) is 4. The normalized spacial score (nSPS) is 22.5. The van der Waals surface area contributed by atoms with Gasteiger partial charge in [-0.2, -0.15) is 0 Å². The Bertz CT molecular complexity index is 1160. The highest BCUT2D eigenvalue weighted by molar-refractivity contribution is 5.97. The van der Waals surface area contributed by atoms with E-state index < -0.39 is 0 Å². The summed E-state index contributed by atoms with van der Waals surface area (Å²) >= 11 is 0. The molecule has 2 unspecified atom stereocenters. The lowest BCUT2D eigenvalue weighted by atomic mass is 9.94. The largest absolute Gasteiger partial charge is 0.349 e. The summed E-state index contributed by atoms with van der Waals surface area (Å²) < 4.78 is 0. The molecule has 3 atom stereocenters. The highest BCUT2D eigenvalue weighted by Gasteiger charge is 2.42. The van der Waals surface area contributed by atoms with Crippen LogP contribution in [0.4, 0.5) is 0 Å². The second-order valence-corrected chi connectivity index (χ2v) is 11.8. The summed E-state index contributed by atoms with van der Waals surface area (Å²) in [5.74, 6) is 1.34. The van der Waals surface area contributed by atoms with Crippen molar-refractivity contribution in [3.05, 3.63) is 70.8 Å². The Morgan fingerprint density at radius 1 is 0.846 bits per heavy atom. The Balaban J connectivity index is 1.15. The van der Waals surface area contributed by atoms with Gasteiger partial charge in [0.25, 0.3) is 5.91 Å². The first-order valence-electron chi connectivity index (χ1n) is 14.5. The highest BCUT2D eigenvalue weighted by atomic mass is 16.2. The van der Waals surface area contributed by atoms with Crippen molar-refractivity contribution >= 4 is 17.7 Å². The second kappa shape index (κ2) is 11.9. The number of carbonyl (C=O) groups is 3. The van der Waals surface area contributed by atoms with E-state index in [4.69, 9.17) is 0 Å². The van der Waals surface area contributed by atoms with Crippen molar-refractivity contribution in [2.45, 2.75) is 46.1 Å². The second-order valence-electron chi connectivity index (χ2n) is 11.8. The zero-order valence-corrected chi connectivity index (χ0v) is 23.6. The van der Waals surface area contributed by atoms with Gasteiger partial charge in [-0.05, 0) is 61.6 Å². The van der Waals surface area contributed by atoms with Crippen molar-refractivity contribution in [1.82, 2.24) is 20.0 Å². The SMILES string of the molecule is CC(=O)N1CCC(C(=O)N[C@@H](CCN2CC3CN(C(=O)c4c(C)cccc4C)CC3C2)c2ccccc2)CC1. The van der Waals surface area contributed by atoms with Crippen LogP contribution in [0.1, 0.15) is 59.3 Å². The number of nitrogens with one attached hydrogen (secondary N) is 1. The molecule has 3 aliphatic heterocycles. The summed E-state index contributed by atoms with van der Waals surface area (Å²) in [4.78, 5) is 44.6. The van der Waals surface area contributed by atoms with Crippen LogP contribution < -0.4 is 5.32 Å². The van der Waals surface area contributed by atoms with E-state index in [0.717, 1.165) is 74.2 Å². The van der Waals surface area contributed by atoms with Gasteiger partial charge in [0.15, 0.2) is 0 Å². The van der Waals surface area contributed by atoms with E-state index >= 15 is 0 Å². The summed E-state index contributed by atoms with van der Waals surface area (Å²) in [6.07, 6.45) is 2.30. The predicted octanol–water partition coefficient (Wildman–Crippen LogP) is 3.81. The molecule has 0 aliphatic carbocycles. The molecule has 2 aromatic carbocycles. The van der Waals surface area contributed by atoms with Crippen LogP contribution in [0.15, 0.2) is 48.5 Å². The minimum atomic E-state index is -0.0432. The Morgan fingerprint density at radius 3 is 2.05 bits per heavy atom. The Hall–Kier alpha value is -3.19. The maximum absolute atomic E-state index is 13.3. The molecule has 0 saturated carbocycles. The van der Waals surface area contributed by atoms with Crippen LogP contribution in [0.25, 0.3) is 0 Å². The van der Waals surface area contributed by atoms with Crippen molar-refractivity contribution in [2.24, 2.45) is 17.8 Å². The molecule has 3 aliphatic rings. The number of hydrogen-bond donors (Lipinski definition) is 1. The molecule has 2 aromatic rings. The summed E-state index contributed by atoms with van der Waals surface area (Å²) in [7, 11) is 0. The molecule has 3 heterocycles. The van der Waals surface area contributed by atoms with E-state index in [1.807, 2.05) is 55.1 Å². The van der Waals surface area contributed by atoms with E-state index in [-0.39, 0.29) is 29.7 Å². The lowest BCUT2D eigenvalue weighted by Gasteiger charge is -2.32. The molecule has 3 amide bonds. The fraction of sp³-hybridized carbons (Fsp3) is 0.531. The molecule has 39 heavy (non-hydrogen) atoms. The van der Waals surface area contributed by atoms with Crippen LogP contribution in [0.5, 0.6) is 0 Å². The van der Waals surface area contributed by atoms with Gasteiger partial charge in [0.2, 0.25) is 11.8 Å². The Morgan fingerprint density at radius 2 is 1.46 bits per heavy atom. The molecule has 3 saturated heterocycles. The average molecular weight is 531 g/mol. The molecule has 3 fully saturated rings. The number of amides is 3. The summed E-state index contributed by atoms with van der Waals surface area (Å²) in [5.41, 5.74) is 4.11. The van der Waals surface area contributed by atoms with Crippen LogP contribution in [-0.2, 0) is 9.59 Å². The number of rotatable bonds is 7. The Labute approximate surface area is 232 Å². The molecular formula is C32H42N4O3. The lowest BCUT2D eigenvalue weighted by Crippen LogP contribution is -2.43. The quantitative estimate of drug-likeness (QED) is 0.591. The molecule has 7 heteroatoms. The van der Waals surface area contributed by atoms with E-state index in [1.54, 1.807) is 6.92 Å². The number of likely N-dealkylation sites (tertiary alicyclic amines) is 3. The molecule has 7 nitrogen and oxygen atoms in total. The number of benzene rings is 2. The number of nitrogens with zero attached hydrogens (tertiary/aromatic N) is 3. The minimum absolute atomic E-state index is 0.0351. The topological polar surface area (TPSA) is 73.0 Å². The summed E-state index contributed by atoms with van der Waals surface area (Å²) in [6.45, 7) is 11.5. The fourth-order valence-electron chi connectivity index (χ4n) is 6.81. The van der Waals surface area contributed by atoms with Gasteiger partial charge in [-0.15, -0.1) is 0 Å². The molecule has 0 bridgehead atoms. The Kier molecular flexibility index (Phi) is 8.36. The zero-order chi connectivity index (χ0) is 27.5. The standard InChI is InChI=1S/C32H42N4O3/c1-22-8-7-9-23(2)30(22)32(39)36-20-27-18-34(19-28(27)21-36)15-14-29(25-10-5-4-6-11-25)33-31(38)26-12-16-35(17-13-26)24(3)37/h4-11,26-29H,12-21H2,1-3H3,(H,33,38)/t27?,28?,29-/m0/s1. The van der Waals surface area contributed by atoms with E-state index in [1.165, 1.54) is 0 Å². The molecule has 1 N–H and O–H groups in total. The van der Waals surface area contributed by atoms with Crippen LogP contribution in [0, 0.1) is 31.6 Å². The van der Waals surface area contributed by atoms with Gasteiger partial charge in [-0.3, -0.25) is 14.4 Å². The molecule has 208 valence electrons. The van der Waals surface area contributed by atoms with Gasteiger partial charge in [-0.1, -0.05) is 48.5 Å². The van der Waals surface area contributed by atoms with Gasteiger partial charge in [-0.25, -0.2) is 0 Å². The number of piperidine rings is 1. The smallest absolute Gasteiger partial charge is 0.254 e. The average Bonchev–Trinajstić information content (AvgIpc) is 3.50. The molecule has 0 aromatic heterocycles. The molecule has 0 radical (unpaired) electrons. The van der Waals surface area contributed by atoms with Crippen LogP contribution >= 0.6 is 0 Å². The summed E-state index contributed by atoms with van der Waals surface area (Å²) in [6, 6.07) is 16.3. The lowest BCUT2D eigenvalue weighted by molar-refractivity contribution is -0.134. The van der Waals surface area contributed by atoms with Crippen molar-refractivity contribution in [2.75, 3.05) is 45.8 Å². The monoisotopic (exact) mass is 530 g/mol. The van der Waals surface area contributed by atoms with Gasteiger partial charge in [0, 0.05) is 64.2 Å². The van der Waals surface area contributed by atoms with Crippen LogP contribution in [-0.4, -0.2) is 78.2 Å². The van der Waals surface area contributed by atoms with E-state index in [2.05, 4.69) is 27.2 Å². The van der Waals surface area contributed by atoms with E-state index in [0.29, 0.717) is 24.9 Å². The highest BCUT2D eigenvalue weighted by Crippen LogP contribution is 2.33. The van der Waals surface area contributed by atoms with Crippen molar-refractivity contribution in [1.29, 1.82) is 0 Å². The maximum Gasteiger partial charge on any atom is 0.254 e. The van der Waals surface area contributed by atoms with Gasteiger partial charge < -0.3 is 20.0 Å². The first kappa shape index (κ1) is 27.4. The number of fused-ring (bicyclic) bond motifs is 1. The molecule has 5 rings (SSSR count). The first-order chi connectivity index (χ1) is 18.8. The van der Waals surface area contributed by atoms with Crippen molar-refractivity contribution in [3.8, 4) is 0 Å². The fourth-order valence-corrected chi connectivity index (χ4v) is 6.81. The molecular weight excluding hydrogens is 488 g/mol. The summed E-state index contributed by atoms with van der Waals surface area (Å²) in [5, 5.41) is 3.35. The van der Waals surface area contributed by atoms with Crippen LogP contribution in [0.3, 0.4) is 0 Å². The third-order valence-corrected chi connectivity index (χ3v) is 9.11. The molecule has 0 spiro atoms. The van der Waals surface area contributed by atoms with Crippen LogP contribution in [0.2, 0.25) is 0 Å². The third-order valence-electron chi connectivity index (χ3n) is 9.11. The number of carbonyl (C=O) groups excluding carboxylic acids is 3. The van der Waals surface area contributed by atoms with Gasteiger partial charge >= 0.3 is 0 Å². The first-order valence-corrected chi connectivity index (χ1v) is 14.5.